The Morgan fingerprint density at radius 2 is 1.62 bits per heavy atom. The zero-order valence-electron chi connectivity index (χ0n) is 20.0. The molecule has 6 aromatic rings. The maximum Gasteiger partial charge on any atom is 0.155 e. The fraction of sp³-hybridized carbons (Fsp3) is 0.179. The number of pyridine rings is 4. The number of H-pyrrole nitrogens is 2. The minimum Gasteiger partial charge on any atom is -0.489 e. The lowest BCUT2D eigenvalue weighted by molar-refractivity contribution is 0.162. The molecule has 182 valence electrons. The number of rotatable bonds is 5. The molecular formula is C28H24N8O. The van der Waals surface area contributed by atoms with Crippen LogP contribution in [0.4, 0.5) is 0 Å². The predicted octanol–water partition coefficient (Wildman–Crippen LogP) is 4.76. The summed E-state index contributed by atoms with van der Waals surface area (Å²) >= 11 is 0. The normalized spacial score (nSPS) is 14.4. The van der Waals surface area contributed by atoms with Crippen molar-refractivity contribution in [1.82, 2.24) is 40.4 Å². The standard InChI is InChI=1S/C28H24N8O/c1-6-29-7-2-17(1)26-22-13-25(34-24(22)5-10-32-26)27-23-12-19(15-33-28(23)36-35-27)18-11-21(16-31-14-18)37-20-3-8-30-9-4-20/h1-2,5-7,10-16,20,30,34H,3-4,8-9H2,(H,33,35,36). The van der Waals surface area contributed by atoms with E-state index in [0.29, 0.717) is 0 Å². The lowest BCUT2D eigenvalue weighted by atomic mass is 10.1. The zero-order valence-corrected chi connectivity index (χ0v) is 20.0. The van der Waals surface area contributed by atoms with E-state index in [0.717, 1.165) is 87.4 Å². The Kier molecular flexibility index (Phi) is 5.32. The van der Waals surface area contributed by atoms with Gasteiger partial charge in [-0.25, -0.2) is 4.98 Å². The summed E-state index contributed by atoms with van der Waals surface area (Å²) in [5, 5.41) is 13.0. The molecule has 0 unspecified atom stereocenters. The number of hydrogen-bond donors (Lipinski definition) is 3. The average Bonchev–Trinajstić information content (AvgIpc) is 3.58. The summed E-state index contributed by atoms with van der Waals surface area (Å²) in [5.74, 6) is 0.781. The monoisotopic (exact) mass is 488 g/mol. The molecule has 1 fully saturated rings. The number of piperidine rings is 1. The van der Waals surface area contributed by atoms with Gasteiger partial charge in [0.15, 0.2) is 5.65 Å². The molecule has 1 saturated heterocycles. The van der Waals surface area contributed by atoms with E-state index < -0.39 is 0 Å². The maximum absolute atomic E-state index is 6.21. The van der Waals surface area contributed by atoms with E-state index in [9.17, 15) is 0 Å². The summed E-state index contributed by atoms with van der Waals surface area (Å²) in [6, 6.07) is 12.1. The van der Waals surface area contributed by atoms with Crippen LogP contribution in [-0.4, -0.2) is 54.3 Å². The molecule has 9 nitrogen and oxygen atoms in total. The van der Waals surface area contributed by atoms with Crippen LogP contribution in [0.25, 0.3) is 55.7 Å². The molecule has 1 aliphatic rings. The van der Waals surface area contributed by atoms with Crippen LogP contribution in [0.5, 0.6) is 5.75 Å². The lowest BCUT2D eigenvalue weighted by Crippen LogP contribution is -2.34. The summed E-state index contributed by atoms with van der Waals surface area (Å²) in [4.78, 5) is 21.3. The van der Waals surface area contributed by atoms with E-state index in [1.807, 2.05) is 42.9 Å². The van der Waals surface area contributed by atoms with Crippen LogP contribution in [0.1, 0.15) is 12.8 Å². The Hall–Kier alpha value is -4.63. The van der Waals surface area contributed by atoms with E-state index in [2.05, 4.69) is 52.6 Å². The molecule has 0 amide bonds. The van der Waals surface area contributed by atoms with Crippen molar-refractivity contribution in [3.8, 4) is 39.5 Å². The van der Waals surface area contributed by atoms with Crippen LogP contribution in [0.15, 0.2) is 73.6 Å². The topological polar surface area (TPSA) is 117 Å². The first kappa shape index (κ1) is 21.6. The molecular weight excluding hydrogens is 464 g/mol. The van der Waals surface area contributed by atoms with E-state index >= 15 is 0 Å². The minimum atomic E-state index is 0.216. The van der Waals surface area contributed by atoms with Gasteiger partial charge in [0, 0.05) is 64.0 Å². The second-order valence-corrected chi connectivity index (χ2v) is 9.21. The Morgan fingerprint density at radius 1 is 0.757 bits per heavy atom. The van der Waals surface area contributed by atoms with Gasteiger partial charge in [-0.3, -0.25) is 20.1 Å². The van der Waals surface area contributed by atoms with Crippen molar-refractivity contribution in [1.29, 1.82) is 0 Å². The van der Waals surface area contributed by atoms with E-state index in [1.165, 1.54) is 0 Å². The van der Waals surface area contributed by atoms with Crippen LogP contribution >= 0.6 is 0 Å². The second-order valence-electron chi connectivity index (χ2n) is 9.21. The molecule has 1 aliphatic heterocycles. The van der Waals surface area contributed by atoms with Crippen LogP contribution < -0.4 is 10.1 Å². The molecule has 7 rings (SSSR count). The first-order chi connectivity index (χ1) is 18.3. The quantitative estimate of drug-likeness (QED) is 0.320. The highest BCUT2D eigenvalue weighted by atomic mass is 16.5. The van der Waals surface area contributed by atoms with Gasteiger partial charge in [-0.05, 0) is 62.3 Å². The number of nitrogens with one attached hydrogen (secondary N) is 3. The van der Waals surface area contributed by atoms with Crippen LogP contribution in [0, 0.1) is 0 Å². The van der Waals surface area contributed by atoms with E-state index in [-0.39, 0.29) is 6.10 Å². The van der Waals surface area contributed by atoms with Gasteiger partial charge in [0.1, 0.15) is 17.5 Å². The van der Waals surface area contributed by atoms with Crippen LogP contribution in [-0.2, 0) is 0 Å². The number of hydrogen-bond acceptors (Lipinski definition) is 7. The van der Waals surface area contributed by atoms with Crippen molar-refractivity contribution in [2.75, 3.05) is 13.1 Å². The summed E-state index contributed by atoms with van der Waals surface area (Å²) in [6.07, 6.45) is 13.0. The fourth-order valence-electron chi connectivity index (χ4n) is 4.93. The third-order valence-electron chi connectivity index (χ3n) is 6.81. The molecule has 0 saturated carbocycles. The number of aromatic nitrogens is 7. The maximum atomic E-state index is 6.21. The van der Waals surface area contributed by atoms with Gasteiger partial charge in [-0.1, -0.05) is 0 Å². The minimum absolute atomic E-state index is 0.216. The molecule has 0 aromatic carbocycles. The van der Waals surface area contributed by atoms with E-state index in [1.54, 1.807) is 18.6 Å². The third-order valence-corrected chi connectivity index (χ3v) is 6.81. The molecule has 0 atom stereocenters. The molecule has 7 heterocycles. The van der Waals surface area contributed by atoms with Gasteiger partial charge in [0.2, 0.25) is 0 Å². The molecule has 3 N–H and O–H groups in total. The number of ether oxygens (including phenoxy) is 1. The Bertz CT molecular complexity index is 1700. The van der Waals surface area contributed by atoms with Crippen LogP contribution in [0.3, 0.4) is 0 Å². The van der Waals surface area contributed by atoms with Crippen molar-refractivity contribution < 1.29 is 4.74 Å². The smallest absolute Gasteiger partial charge is 0.155 e. The highest BCUT2D eigenvalue weighted by Crippen LogP contribution is 2.34. The summed E-state index contributed by atoms with van der Waals surface area (Å²) in [5.41, 5.74) is 7.23. The Labute approximate surface area is 212 Å². The second kappa shape index (κ2) is 9.11. The third kappa shape index (κ3) is 4.09. The molecule has 0 aliphatic carbocycles. The van der Waals surface area contributed by atoms with Crippen molar-refractivity contribution >= 4 is 21.9 Å². The zero-order chi connectivity index (χ0) is 24.6. The SMILES string of the molecule is c1cc(-c2nccc3[nH]c(-c4n[nH]c5ncc(-c6cncc(OC7CCNCC7)c6)cc45)cc23)ccn1. The highest BCUT2D eigenvalue weighted by molar-refractivity contribution is 5.99. The van der Waals surface area contributed by atoms with Gasteiger partial charge in [-0.2, -0.15) is 5.10 Å². The first-order valence-corrected chi connectivity index (χ1v) is 12.4. The van der Waals surface area contributed by atoms with Gasteiger partial charge < -0.3 is 15.0 Å². The Balaban J connectivity index is 1.26. The summed E-state index contributed by atoms with van der Waals surface area (Å²) < 4.78 is 6.21. The van der Waals surface area contributed by atoms with Gasteiger partial charge in [0.05, 0.1) is 17.6 Å². The summed E-state index contributed by atoms with van der Waals surface area (Å²) in [7, 11) is 0. The lowest BCUT2D eigenvalue weighted by Gasteiger charge is -2.23. The highest BCUT2D eigenvalue weighted by Gasteiger charge is 2.17. The van der Waals surface area contributed by atoms with Gasteiger partial charge >= 0.3 is 0 Å². The van der Waals surface area contributed by atoms with Gasteiger partial charge in [0.25, 0.3) is 0 Å². The number of fused-ring (bicyclic) bond motifs is 2. The molecule has 6 aromatic heterocycles. The van der Waals surface area contributed by atoms with Crippen LogP contribution in [0.2, 0.25) is 0 Å². The molecule has 0 spiro atoms. The van der Waals surface area contributed by atoms with E-state index in [4.69, 9.17) is 4.74 Å². The number of aromatic amines is 2. The molecule has 0 bridgehead atoms. The van der Waals surface area contributed by atoms with Crippen molar-refractivity contribution in [2.24, 2.45) is 0 Å². The predicted molar refractivity (Wildman–Crippen MR) is 142 cm³/mol. The molecule has 37 heavy (non-hydrogen) atoms. The average molecular weight is 489 g/mol. The molecule has 0 radical (unpaired) electrons. The van der Waals surface area contributed by atoms with Crippen molar-refractivity contribution in [3.05, 3.63) is 73.6 Å². The van der Waals surface area contributed by atoms with Crippen molar-refractivity contribution in [2.45, 2.75) is 18.9 Å². The fourth-order valence-corrected chi connectivity index (χ4v) is 4.93. The summed E-state index contributed by atoms with van der Waals surface area (Å²) in [6.45, 7) is 1.96. The molecule has 9 heteroatoms. The Morgan fingerprint density at radius 3 is 2.51 bits per heavy atom. The van der Waals surface area contributed by atoms with Crippen molar-refractivity contribution in [3.63, 3.8) is 0 Å². The van der Waals surface area contributed by atoms with Gasteiger partial charge in [-0.15, -0.1) is 0 Å². The first-order valence-electron chi connectivity index (χ1n) is 12.4. The number of nitrogens with zero attached hydrogens (tertiary/aromatic N) is 5. The largest absolute Gasteiger partial charge is 0.489 e.